The van der Waals surface area contributed by atoms with Crippen LogP contribution >= 0.6 is 0 Å². The normalized spacial score (nSPS) is 10.2. The molecular weight excluding hydrogens is 164 g/mol. The van der Waals surface area contributed by atoms with Crippen LogP contribution in [0.1, 0.15) is 11.1 Å². The molecule has 0 spiro atoms. The summed E-state index contributed by atoms with van der Waals surface area (Å²) in [5, 5.41) is 0. The molecule has 68 valence electrons. The summed E-state index contributed by atoms with van der Waals surface area (Å²) in [6.45, 7) is 2.82. The lowest BCUT2D eigenvalue weighted by Crippen LogP contribution is -1.85. The Morgan fingerprint density at radius 1 is 1.31 bits per heavy atom. The van der Waals surface area contributed by atoms with Crippen LogP contribution in [0.3, 0.4) is 0 Å². The van der Waals surface area contributed by atoms with Crippen molar-refractivity contribution in [2.45, 2.75) is 6.92 Å². The summed E-state index contributed by atoms with van der Waals surface area (Å²) in [5.74, 6) is 0. The number of carbonyl (C=O) groups excluding carboxylic acids is 1. The lowest BCUT2D eigenvalue weighted by atomic mass is 10.1. The molecular formula is C11H12O2. The van der Waals surface area contributed by atoms with Crippen LogP contribution in [0, 0.1) is 6.92 Å². The molecule has 0 saturated heterocycles. The van der Waals surface area contributed by atoms with E-state index in [0.717, 1.165) is 5.56 Å². The van der Waals surface area contributed by atoms with Gasteiger partial charge < -0.3 is 4.74 Å². The molecule has 1 aromatic rings. The lowest BCUT2D eigenvalue weighted by Gasteiger charge is -1.94. The molecule has 0 atom stereocenters. The van der Waals surface area contributed by atoms with E-state index >= 15 is 0 Å². The van der Waals surface area contributed by atoms with E-state index in [9.17, 15) is 4.79 Å². The van der Waals surface area contributed by atoms with Gasteiger partial charge in [-0.1, -0.05) is 35.9 Å². The van der Waals surface area contributed by atoms with Gasteiger partial charge in [0.05, 0.1) is 0 Å². The smallest absolute Gasteiger partial charge is 0.293 e. The summed E-state index contributed by atoms with van der Waals surface area (Å²) in [5.41, 5.74) is 2.35. The Kier molecular flexibility index (Phi) is 3.76. The predicted molar refractivity (Wildman–Crippen MR) is 52.2 cm³/mol. The summed E-state index contributed by atoms with van der Waals surface area (Å²) < 4.78 is 4.51. The molecule has 0 bridgehead atoms. The van der Waals surface area contributed by atoms with E-state index in [4.69, 9.17) is 0 Å². The van der Waals surface area contributed by atoms with Gasteiger partial charge in [0.15, 0.2) is 0 Å². The van der Waals surface area contributed by atoms with Crippen LogP contribution in [0.25, 0.3) is 6.08 Å². The minimum absolute atomic E-state index is 0.331. The fourth-order valence-electron chi connectivity index (χ4n) is 0.957. The number of benzene rings is 1. The minimum Gasteiger partial charge on any atom is -0.464 e. The molecule has 0 radical (unpaired) electrons. The highest BCUT2D eigenvalue weighted by molar-refractivity contribution is 5.50. The van der Waals surface area contributed by atoms with Crippen molar-refractivity contribution in [2.75, 3.05) is 6.61 Å². The number of hydrogen-bond acceptors (Lipinski definition) is 2. The molecule has 2 nitrogen and oxygen atoms in total. The third-order valence-electron chi connectivity index (χ3n) is 1.65. The van der Waals surface area contributed by atoms with Gasteiger partial charge in [-0.05, 0) is 18.6 Å². The van der Waals surface area contributed by atoms with Crippen LogP contribution in [0.5, 0.6) is 0 Å². The average molecular weight is 176 g/mol. The molecule has 13 heavy (non-hydrogen) atoms. The Morgan fingerprint density at radius 3 is 2.62 bits per heavy atom. The fourth-order valence-corrected chi connectivity index (χ4v) is 0.957. The SMILES string of the molecule is Cc1ccc(C=CCOC=O)cc1. The van der Waals surface area contributed by atoms with Crippen LogP contribution < -0.4 is 0 Å². The van der Waals surface area contributed by atoms with Crippen LogP contribution in [-0.2, 0) is 9.53 Å². The van der Waals surface area contributed by atoms with Crippen molar-refractivity contribution in [2.24, 2.45) is 0 Å². The first-order valence-electron chi connectivity index (χ1n) is 4.11. The van der Waals surface area contributed by atoms with Crippen molar-refractivity contribution in [1.29, 1.82) is 0 Å². The third-order valence-corrected chi connectivity index (χ3v) is 1.65. The topological polar surface area (TPSA) is 26.3 Å². The molecule has 0 fully saturated rings. The zero-order valence-electron chi connectivity index (χ0n) is 7.57. The zero-order chi connectivity index (χ0) is 9.52. The molecule has 0 heterocycles. The van der Waals surface area contributed by atoms with E-state index in [1.165, 1.54) is 5.56 Å². The zero-order valence-corrected chi connectivity index (χ0v) is 7.57. The summed E-state index contributed by atoms with van der Waals surface area (Å²) in [4.78, 5) is 9.80. The van der Waals surface area contributed by atoms with Gasteiger partial charge in [-0.2, -0.15) is 0 Å². The van der Waals surface area contributed by atoms with E-state index in [-0.39, 0.29) is 0 Å². The van der Waals surface area contributed by atoms with E-state index < -0.39 is 0 Å². The first kappa shape index (κ1) is 9.52. The second-order valence-electron chi connectivity index (χ2n) is 2.74. The maximum Gasteiger partial charge on any atom is 0.293 e. The predicted octanol–water partition coefficient (Wildman–Crippen LogP) is 2.18. The van der Waals surface area contributed by atoms with Gasteiger partial charge in [-0.25, -0.2) is 0 Å². The number of ether oxygens (including phenoxy) is 1. The van der Waals surface area contributed by atoms with Crippen molar-refractivity contribution in [3.05, 3.63) is 41.5 Å². The molecule has 0 aliphatic carbocycles. The molecule has 0 amide bonds. The second-order valence-corrected chi connectivity index (χ2v) is 2.74. The number of carbonyl (C=O) groups is 1. The highest BCUT2D eigenvalue weighted by Gasteiger charge is 1.85. The lowest BCUT2D eigenvalue weighted by molar-refractivity contribution is -0.127. The third kappa shape index (κ3) is 3.56. The number of rotatable bonds is 4. The van der Waals surface area contributed by atoms with Gasteiger partial charge >= 0.3 is 0 Å². The first-order chi connectivity index (χ1) is 6.33. The van der Waals surface area contributed by atoms with Gasteiger partial charge in [0.25, 0.3) is 6.47 Å². The largest absolute Gasteiger partial charge is 0.464 e. The molecule has 0 aliphatic rings. The van der Waals surface area contributed by atoms with E-state index in [2.05, 4.69) is 4.74 Å². The van der Waals surface area contributed by atoms with Gasteiger partial charge in [0.2, 0.25) is 0 Å². The molecule has 0 N–H and O–H groups in total. The van der Waals surface area contributed by atoms with Gasteiger partial charge in [0, 0.05) is 0 Å². The number of hydrogen-bond donors (Lipinski definition) is 0. The summed E-state index contributed by atoms with van der Waals surface area (Å²) in [6.07, 6.45) is 3.72. The van der Waals surface area contributed by atoms with E-state index in [1.807, 2.05) is 37.3 Å². The van der Waals surface area contributed by atoms with Crippen molar-refractivity contribution in [3.8, 4) is 0 Å². The Balaban J connectivity index is 2.49. The summed E-state index contributed by atoms with van der Waals surface area (Å²) in [7, 11) is 0. The standard InChI is InChI=1S/C11H12O2/c1-10-4-6-11(7-5-10)3-2-8-13-9-12/h2-7,9H,8H2,1H3. The Labute approximate surface area is 77.8 Å². The van der Waals surface area contributed by atoms with Crippen molar-refractivity contribution in [3.63, 3.8) is 0 Å². The van der Waals surface area contributed by atoms with Gasteiger partial charge in [0.1, 0.15) is 6.61 Å². The maximum absolute atomic E-state index is 9.80. The van der Waals surface area contributed by atoms with Crippen molar-refractivity contribution in [1.82, 2.24) is 0 Å². The highest BCUT2D eigenvalue weighted by Crippen LogP contribution is 2.04. The Hall–Kier alpha value is -1.57. The number of aryl methyl sites for hydroxylation is 1. The monoisotopic (exact) mass is 176 g/mol. The maximum atomic E-state index is 9.80. The van der Waals surface area contributed by atoms with Crippen LogP contribution in [-0.4, -0.2) is 13.1 Å². The second kappa shape index (κ2) is 5.14. The molecule has 0 aliphatic heterocycles. The van der Waals surface area contributed by atoms with Gasteiger partial charge in [-0.3, -0.25) is 4.79 Å². The Bertz CT molecular complexity index is 285. The van der Waals surface area contributed by atoms with Crippen molar-refractivity contribution >= 4 is 12.5 Å². The average Bonchev–Trinajstić information content (AvgIpc) is 2.15. The van der Waals surface area contributed by atoms with E-state index in [1.54, 1.807) is 6.08 Å². The minimum atomic E-state index is 0.331. The fraction of sp³-hybridized carbons (Fsp3) is 0.182. The quantitative estimate of drug-likeness (QED) is 0.519. The van der Waals surface area contributed by atoms with Crippen LogP contribution in [0.15, 0.2) is 30.3 Å². The van der Waals surface area contributed by atoms with Crippen LogP contribution in [0.4, 0.5) is 0 Å². The van der Waals surface area contributed by atoms with Crippen molar-refractivity contribution < 1.29 is 9.53 Å². The molecule has 0 unspecified atom stereocenters. The molecule has 0 saturated carbocycles. The van der Waals surface area contributed by atoms with E-state index in [0.29, 0.717) is 13.1 Å². The first-order valence-corrected chi connectivity index (χ1v) is 4.11. The van der Waals surface area contributed by atoms with Gasteiger partial charge in [-0.15, -0.1) is 0 Å². The summed E-state index contributed by atoms with van der Waals surface area (Å²) in [6, 6.07) is 8.12. The molecule has 2 heteroatoms. The van der Waals surface area contributed by atoms with Crippen LogP contribution in [0.2, 0.25) is 0 Å². The molecule has 1 rings (SSSR count). The summed E-state index contributed by atoms with van der Waals surface area (Å²) >= 11 is 0. The molecule has 1 aromatic carbocycles. The Morgan fingerprint density at radius 2 is 2.00 bits per heavy atom. The molecule has 0 aromatic heterocycles. The highest BCUT2D eigenvalue weighted by atomic mass is 16.5.